The van der Waals surface area contributed by atoms with Gasteiger partial charge in [-0.25, -0.2) is 0 Å². The summed E-state index contributed by atoms with van der Waals surface area (Å²) in [5.74, 6) is 1.02. The Morgan fingerprint density at radius 3 is 2.80 bits per heavy atom. The average Bonchev–Trinajstić information content (AvgIpc) is 3.03. The Labute approximate surface area is 123 Å². The van der Waals surface area contributed by atoms with Gasteiger partial charge in [0.05, 0.1) is 11.5 Å². The maximum Gasteiger partial charge on any atom is 0.202 e. The van der Waals surface area contributed by atoms with E-state index in [0.29, 0.717) is 6.61 Å². The maximum absolute atomic E-state index is 12.6. The number of rotatable bonds is 3. The van der Waals surface area contributed by atoms with Crippen LogP contribution in [0.5, 0.6) is 5.75 Å². The fraction of sp³-hybridized carbons (Fsp3) is 0.353. The highest BCUT2D eigenvalue weighted by Crippen LogP contribution is 2.39. The van der Waals surface area contributed by atoms with E-state index in [0.717, 1.165) is 28.2 Å². The molecule has 0 unspecified atom stereocenters. The second-order valence-electron chi connectivity index (χ2n) is 5.83. The molecule has 0 N–H and O–H groups in total. The van der Waals surface area contributed by atoms with Crippen molar-refractivity contribution in [3.8, 4) is 5.75 Å². The first-order valence-electron chi connectivity index (χ1n) is 6.92. The Bertz CT molecular complexity index is 667. The number of benzene rings is 1. The van der Waals surface area contributed by atoms with Crippen molar-refractivity contribution in [3.63, 3.8) is 0 Å². The van der Waals surface area contributed by atoms with Gasteiger partial charge >= 0.3 is 0 Å². The summed E-state index contributed by atoms with van der Waals surface area (Å²) in [5, 5.41) is 0. The van der Waals surface area contributed by atoms with Crippen LogP contribution >= 0.6 is 11.3 Å². The first-order chi connectivity index (χ1) is 9.51. The number of ether oxygens (including phenoxy) is 1. The number of thiophene rings is 1. The van der Waals surface area contributed by atoms with Crippen LogP contribution in [-0.4, -0.2) is 12.4 Å². The number of hydrogen-bond donors (Lipinski definition) is 0. The quantitative estimate of drug-likeness (QED) is 0.790. The highest BCUT2D eigenvalue weighted by molar-refractivity contribution is 7.14. The van der Waals surface area contributed by atoms with Crippen LogP contribution in [0.4, 0.5) is 0 Å². The van der Waals surface area contributed by atoms with Crippen molar-refractivity contribution >= 4 is 17.1 Å². The van der Waals surface area contributed by atoms with Crippen molar-refractivity contribution in [1.29, 1.82) is 0 Å². The Hall–Kier alpha value is -1.61. The van der Waals surface area contributed by atoms with E-state index in [-0.39, 0.29) is 11.2 Å². The molecule has 0 fully saturated rings. The second kappa shape index (κ2) is 4.74. The molecule has 0 amide bonds. The molecule has 0 aliphatic carbocycles. The van der Waals surface area contributed by atoms with E-state index < -0.39 is 0 Å². The van der Waals surface area contributed by atoms with Gasteiger partial charge in [-0.05, 0) is 36.8 Å². The summed E-state index contributed by atoms with van der Waals surface area (Å²) in [6, 6.07) is 9.76. The SMILES string of the molecule is CCc1ccc(C(=O)c2ccc3c(c2)C(C)(C)CO3)s1. The molecule has 0 spiro atoms. The molecule has 2 nitrogen and oxygen atoms in total. The lowest BCUT2D eigenvalue weighted by molar-refractivity contribution is 0.104. The van der Waals surface area contributed by atoms with Gasteiger partial charge in [0.15, 0.2) is 0 Å². The summed E-state index contributed by atoms with van der Waals surface area (Å²) in [7, 11) is 0. The molecule has 1 aromatic carbocycles. The number of fused-ring (bicyclic) bond motifs is 1. The van der Waals surface area contributed by atoms with Crippen LogP contribution in [0, 0.1) is 0 Å². The molecule has 0 saturated heterocycles. The lowest BCUT2D eigenvalue weighted by atomic mass is 9.86. The lowest BCUT2D eigenvalue weighted by Crippen LogP contribution is -2.18. The van der Waals surface area contributed by atoms with Crippen LogP contribution in [-0.2, 0) is 11.8 Å². The molecule has 0 radical (unpaired) electrons. The number of hydrogen-bond acceptors (Lipinski definition) is 3. The van der Waals surface area contributed by atoms with Gasteiger partial charge < -0.3 is 4.74 Å². The zero-order valence-electron chi connectivity index (χ0n) is 12.0. The molecule has 104 valence electrons. The van der Waals surface area contributed by atoms with Gasteiger partial charge in [-0.3, -0.25) is 4.79 Å². The van der Waals surface area contributed by atoms with E-state index in [4.69, 9.17) is 4.74 Å². The van der Waals surface area contributed by atoms with Gasteiger partial charge in [0.2, 0.25) is 5.78 Å². The van der Waals surface area contributed by atoms with Crippen LogP contribution < -0.4 is 4.74 Å². The predicted molar refractivity (Wildman–Crippen MR) is 82.1 cm³/mol. The van der Waals surface area contributed by atoms with Crippen LogP contribution in [0.25, 0.3) is 0 Å². The summed E-state index contributed by atoms with van der Waals surface area (Å²) in [4.78, 5) is 14.6. The molecule has 2 aromatic rings. The van der Waals surface area contributed by atoms with Crippen LogP contribution in [0.15, 0.2) is 30.3 Å². The van der Waals surface area contributed by atoms with E-state index in [9.17, 15) is 4.79 Å². The van der Waals surface area contributed by atoms with Crippen molar-refractivity contribution < 1.29 is 9.53 Å². The molecule has 1 aliphatic rings. The lowest BCUT2D eigenvalue weighted by Gasteiger charge is -2.15. The first kappa shape index (κ1) is 13.4. The zero-order valence-corrected chi connectivity index (χ0v) is 12.8. The van der Waals surface area contributed by atoms with Gasteiger partial charge in [0.1, 0.15) is 5.75 Å². The van der Waals surface area contributed by atoms with E-state index in [2.05, 4.69) is 20.8 Å². The number of carbonyl (C=O) groups excluding carboxylic acids is 1. The number of aryl methyl sites for hydroxylation is 1. The third kappa shape index (κ3) is 2.16. The van der Waals surface area contributed by atoms with Gasteiger partial charge in [-0.1, -0.05) is 20.8 Å². The molecular weight excluding hydrogens is 268 g/mol. The summed E-state index contributed by atoms with van der Waals surface area (Å²) in [5.41, 5.74) is 1.87. The van der Waals surface area contributed by atoms with Gasteiger partial charge in [-0.15, -0.1) is 11.3 Å². The Morgan fingerprint density at radius 1 is 1.30 bits per heavy atom. The highest BCUT2D eigenvalue weighted by Gasteiger charge is 2.32. The molecule has 2 heterocycles. The topological polar surface area (TPSA) is 26.3 Å². The maximum atomic E-state index is 12.6. The Balaban J connectivity index is 1.97. The number of carbonyl (C=O) groups is 1. The van der Waals surface area contributed by atoms with Gasteiger partial charge in [0, 0.05) is 21.4 Å². The monoisotopic (exact) mass is 286 g/mol. The second-order valence-corrected chi connectivity index (χ2v) is 7.00. The third-order valence-electron chi connectivity index (χ3n) is 3.79. The minimum Gasteiger partial charge on any atom is -0.492 e. The van der Waals surface area contributed by atoms with Crippen molar-refractivity contribution in [1.82, 2.24) is 0 Å². The van der Waals surface area contributed by atoms with E-state index in [1.165, 1.54) is 4.88 Å². The standard InChI is InChI=1S/C17H18O2S/c1-4-12-6-8-15(20-12)16(18)11-5-7-14-13(9-11)17(2,3)10-19-14/h5-9H,4,10H2,1-3H3. The van der Waals surface area contributed by atoms with Crippen molar-refractivity contribution in [2.75, 3.05) is 6.61 Å². The summed E-state index contributed by atoms with van der Waals surface area (Å²) in [6.45, 7) is 7.08. The van der Waals surface area contributed by atoms with E-state index in [1.54, 1.807) is 11.3 Å². The molecule has 1 aromatic heterocycles. The molecule has 3 heteroatoms. The molecule has 0 atom stereocenters. The van der Waals surface area contributed by atoms with Crippen LogP contribution in [0.1, 0.15) is 46.4 Å². The smallest absolute Gasteiger partial charge is 0.202 e. The predicted octanol–water partition coefficient (Wildman–Crippen LogP) is 4.21. The van der Waals surface area contributed by atoms with Crippen molar-refractivity contribution in [2.45, 2.75) is 32.6 Å². The van der Waals surface area contributed by atoms with Gasteiger partial charge in [0.25, 0.3) is 0 Å². The molecule has 1 aliphatic heterocycles. The van der Waals surface area contributed by atoms with Crippen molar-refractivity contribution in [3.05, 3.63) is 51.2 Å². The third-order valence-corrected chi connectivity index (χ3v) is 5.02. The zero-order chi connectivity index (χ0) is 14.3. The minimum absolute atomic E-state index is 0.0182. The largest absolute Gasteiger partial charge is 0.492 e. The van der Waals surface area contributed by atoms with Crippen LogP contribution in [0.3, 0.4) is 0 Å². The van der Waals surface area contributed by atoms with Crippen molar-refractivity contribution in [2.24, 2.45) is 0 Å². The van der Waals surface area contributed by atoms with E-state index >= 15 is 0 Å². The average molecular weight is 286 g/mol. The first-order valence-corrected chi connectivity index (χ1v) is 7.73. The molecule has 20 heavy (non-hydrogen) atoms. The summed E-state index contributed by atoms with van der Waals surface area (Å²) >= 11 is 1.59. The Kier molecular flexibility index (Phi) is 3.17. The fourth-order valence-corrected chi connectivity index (χ4v) is 3.40. The molecule has 0 saturated carbocycles. The molecule has 0 bridgehead atoms. The Morgan fingerprint density at radius 2 is 2.10 bits per heavy atom. The normalized spacial score (nSPS) is 15.8. The highest BCUT2D eigenvalue weighted by atomic mass is 32.1. The summed E-state index contributed by atoms with van der Waals surface area (Å²) < 4.78 is 5.67. The summed E-state index contributed by atoms with van der Waals surface area (Å²) in [6.07, 6.45) is 0.975. The molecular formula is C17H18O2S. The fourth-order valence-electron chi connectivity index (χ4n) is 2.49. The molecule has 3 rings (SSSR count). The van der Waals surface area contributed by atoms with Gasteiger partial charge in [-0.2, -0.15) is 0 Å². The number of ketones is 1. The van der Waals surface area contributed by atoms with Crippen LogP contribution in [0.2, 0.25) is 0 Å². The van der Waals surface area contributed by atoms with E-state index in [1.807, 2.05) is 30.3 Å². The minimum atomic E-state index is -0.0182.